The lowest BCUT2D eigenvalue weighted by Crippen LogP contribution is -2.53. The Morgan fingerprint density at radius 1 is 1.31 bits per heavy atom. The molecule has 16 heavy (non-hydrogen) atoms. The highest BCUT2D eigenvalue weighted by Gasteiger charge is 2.29. The smallest absolute Gasteiger partial charge is 0.324 e. The maximum absolute atomic E-state index is 12.0. The van der Waals surface area contributed by atoms with E-state index < -0.39 is 0 Å². The first-order chi connectivity index (χ1) is 7.72. The second-order valence-electron chi connectivity index (χ2n) is 4.21. The van der Waals surface area contributed by atoms with E-state index in [0.717, 1.165) is 12.2 Å². The zero-order valence-corrected chi connectivity index (χ0v) is 9.47. The lowest BCUT2D eigenvalue weighted by Gasteiger charge is -2.37. The summed E-state index contributed by atoms with van der Waals surface area (Å²) in [6.07, 6.45) is 0. The third-order valence-corrected chi connectivity index (χ3v) is 2.93. The molecular formula is C12H17N3O. The van der Waals surface area contributed by atoms with Gasteiger partial charge in [0.15, 0.2) is 0 Å². The predicted octanol–water partition coefficient (Wildman–Crippen LogP) is 1.13. The molecular weight excluding hydrogens is 202 g/mol. The fourth-order valence-corrected chi connectivity index (χ4v) is 2.04. The van der Waals surface area contributed by atoms with Crippen LogP contribution in [0.2, 0.25) is 0 Å². The van der Waals surface area contributed by atoms with Crippen molar-refractivity contribution in [3.63, 3.8) is 0 Å². The molecule has 2 N–H and O–H groups in total. The predicted molar refractivity (Wildman–Crippen MR) is 64.4 cm³/mol. The number of hydrogen-bond acceptors (Lipinski definition) is 2. The number of urea groups is 1. The topological polar surface area (TPSA) is 49.6 Å². The van der Waals surface area contributed by atoms with Crippen LogP contribution in [0.25, 0.3) is 0 Å². The van der Waals surface area contributed by atoms with Crippen molar-refractivity contribution in [2.24, 2.45) is 11.7 Å². The normalized spacial score (nSPS) is 21.4. The fraction of sp³-hybridized carbons (Fsp3) is 0.417. The van der Waals surface area contributed by atoms with E-state index in [1.54, 1.807) is 9.80 Å². The van der Waals surface area contributed by atoms with Crippen molar-refractivity contribution in [1.29, 1.82) is 0 Å². The molecule has 1 aliphatic rings. The molecule has 86 valence electrons. The van der Waals surface area contributed by atoms with Crippen LogP contribution < -0.4 is 10.6 Å². The van der Waals surface area contributed by atoms with Crippen LogP contribution in [0.1, 0.15) is 0 Å². The van der Waals surface area contributed by atoms with Gasteiger partial charge in [0.25, 0.3) is 0 Å². The first-order valence-electron chi connectivity index (χ1n) is 5.50. The van der Waals surface area contributed by atoms with Crippen LogP contribution in [0.3, 0.4) is 0 Å². The van der Waals surface area contributed by atoms with E-state index >= 15 is 0 Å². The molecule has 1 atom stereocenters. The zero-order valence-electron chi connectivity index (χ0n) is 9.47. The number of anilines is 1. The van der Waals surface area contributed by atoms with Crippen molar-refractivity contribution in [3.05, 3.63) is 30.3 Å². The first-order valence-corrected chi connectivity index (χ1v) is 5.50. The van der Waals surface area contributed by atoms with Crippen LogP contribution in [0.15, 0.2) is 30.3 Å². The summed E-state index contributed by atoms with van der Waals surface area (Å²) in [5.74, 6) is 0.350. The van der Waals surface area contributed by atoms with E-state index in [2.05, 4.69) is 0 Å². The molecule has 1 fully saturated rings. The van der Waals surface area contributed by atoms with Crippen molar-refractivity contribution < 1.29 is 4.79 Å². The maximum atomic E-state index is 12.0. The van der Waals surface area contributed by atoms with E-state index in [0.29, 0.717) is 19.0 Å². The SMILES string of the molecule is CN1CC(CN)CN(c2ccccc2)C1=O. The van der Waals surface area contributed by atoms with Crippen LogP contribution in [0, 0.1) is 5.92 Å². The Balaban J connectivity index is 2.22. The Morgan fingerprint density at radius 2 is 2.00 bits per heavy atom. The minimum Gasteiger partial charge on any atom is -0.330 e. The minimum absolute atomic E-state index is 0.0518. The molecule has 4 nitrogen and oxygen atoms in total. The molecule has 1 aliphatic heterocycles. The summed E-state index contributed by atoms with van der Waals surface area (Å²) in [7, 11) is 1.82. The summed E-state index contributed by atoms with van der Waals surface area (Å²) in [5, 5.41) is 0. The van der Waals surface area contributed by atoms with Gasteiger partial charge in [-0.3, -0.25) is 4.90 Å². The third kappa shape index (κ3) is 2.02. The monoisotopic (exact) mass is 219 g/mol. The highest BCUT2D eigenvalue weighted by atomic mass is 16.2. The number of benzene rings is 1. The van der Waals surface area contributed by atoms with E-state index in [9.17, 15) is 4.79 Å². The Bertz CT molecular complexity index is 366. The Morgan fingerprint density at radius 3 is 2.62 bits per heavy atom. The Labute approximate surface area is 95.6 Å². The van der Waals surface area contributed by atoms with Crippen molar-refractivity contribution >= 4 is 11.7 Å². The summed E-state index contributed by atoms with van der Waals surface area (Å²) < 4.78 is 0. The molecule has 1 aromatic carbocycles. The van der Waals surface area contributed by atoms with Gasteiger partial charge in [0.2, 0.25) is 0 Å². The minimum atomic E-state index is 0.0518. The van der Waals surface area contributed by atoms with Gasteiger partial charge in [-0.25, -0.2) is 4.79 Å². The second-order valence-corrected chi connectivity index (χ2v) is 4.21. The van der Waals surface area contributed by atoms with Gasteiger partial charge in [-0.2, -0.15) is 0 Å². The Hall–Kier alpha value is -1.55. The molecule has 2 amide bonds. The molecule has 2 rings (SSSR count). The maximum Gasteiger partial charge on any atom is 0.324 e. The molecule has 0 saturated carbocycles. The van der Waals surface area contributed by atoms with Gasteiger partial charge in [-0.1, -0.05) is 18.2 Å². The highest BCUT2D eigenvalue weighted by molar-refractivity contribution is 5.92. The van der Waals surface area contributed by atoms with Gasteiger partial charge < -0.3 is 10.6 Å². The van der Waals surface area contributed by atoms with Crippen LogP contribution in [-0.2, 0) is 0 Å². The molecule has 0 radical (unpaired) electrons. The van der Waals surface area contributed by atoms with Gasteiger partial charge in [0.05, 0.1) is 0 Å². The molecule has 1 heterocycles. The number of carbonyl (C=O) groups excluding carboxylic acids is 1. The standard InChI is InChI=1S/C12H17N3O/c1-14-8-10(7-13)9-15(12(14)16)11-5-3-2-4-6-11/h2-6,10H,7-9,13H2,1H3. The number of amides is 2. The van der Waals surface area contributed by atoms with Gasteiger partial charge in [0, 0.05) is 31.7 Å². The van der Waals surface area contributed by atoms with E-state index in [-0.39, 0.29) is 6.03 Å². The average Bonchev–Trinajstić information content (AvgIpc) is 2.33. The van der Waals surface area contributed by atoms with Crippen LogP contribution in [0.5, 0.6) is 0 Å². The van der Waals surface area contributed by atoms with Gasteiger partial charge in [-0.05, 0) is 18.7 Å². The number of nitrogens with zero attached hydrogens (tertiary/aromatic N) is 2. The quantitative estimate of drug-likeness (QED) is 0.810. The summed E-state index contributed by atoms with van der Waals surface area (Å²) >= 11 is 0. The van der Waals surface area contributed by atoms with Crippen molar-refractivity contribution in [1.82, 2.24) is 4.90 Å². The summed E-state index contributed by atoms with van der Waals surface area (Å²) in [6.45, 7) is 2.07. The van der Waals surface area contributed by atoms with Gasteiger partial charge in [-0.15, -0.1) is 0 Å². The molecule has 0 aromatic heterocycles. The summed E-state index contributed by atoms with van der Waals surface area (Å²) in [4.78, 5) is 15.5. The molecule has 1 saturated heterocycles. The molecule has 4 heteroatoms. The number of nitrogens with two attached hydrogens (primary N) is 1. The largest absolute Gasteiger partial charge is 0.330 e. The molecule has 1 aromatic rings. The number of carbonyl (C=O) groups is 1. The van der Waals surface area contributed by atoms with E-state index in [4.69, 9.17) is 5.73 Å². The van der Waals surface area contributed by atoms with E-state index in [1.807, 2.05) is 37.4 Å². The number of hydrogen-bond donors (Lipinski definition) is 1. The summed E-state index contributed by atoms with van der Waals surface area (Å²) in [6, 6.07) is 9.77. The molecule has 1 unspecified atom stereocenters. The number of rotatable bonds is 2. The van der Waals surface area contributed by atoms with Crippen LogP contribution in [-0.4, -0.2) is 37.6 Å². The molecule has 0 aliphatic carbocycles. The highest BCUT2D eigenvalue weighted by Crippen LogP contribution is 2.20. The average molecular weight is 219 g/mol. The lowest BCUT2D eigenvalue weighted by atomic mass is 10.1. The van der Waals surface area contributed by atoms with Crippen molar-refractivity contribution in [2.45, 2.75) is 0 Å². The Kier molecular flexibility index (Phi) is 3.10. The molecule has 0 spiro atoms. The first kappa shape index (κ1) is 11.0. The summed E-state index contributed by atoms with van der Waals surface area (Å²) in [5.41, 5.74) is 6.63. The van der Waals surface area contributed by atoms with Crippen molar-refractivity contribution in [3.8, 4) is 0 Å². The third-order valence-electron chi connectivity index (χ3n) is 2.93. The van der Waals surface area contributed by atoms with E-state index in [1.165, 1.54) is 0 Å². The fourth-order valence-electron chi connectivity index (χ4n) is 2.04. The van der Waals surface area contributed by atoms with Crippen LogP contribution in [0.4, 0.5) is 10.5 Å². The van der Waals surface area contributed by atoms with Crippen molar-refractivity contribution in [2.75, 3.05) is 31.6 Å². The number of para-hydroxylation sites is 1. The lowest BCUT2D eigenvalue weighted by molar-refractivity contribution is 0.194. The second kappa shape index (κ2) is 4.53. The van der Waals surface area contributed by atoms with Crippen LogP contribution >= 0.6 is 0 Å². The molecule has 0 bridgehead atoms. The van der Waals surface area contributed by atoms with Gasteiger partial charge >= 0.3 is 6.03 Å². The van der Waals surface area contributed by atoms with Gasteiger partial charge in [0.1, 0.15) is 0 Å². The zero-order chi connectivity index (χ0) is 11.5.